The number of pyridine rings is 1. The lowest BCUT2D eigenvalue weighted by Crippen LogP contribution is -2.16. The largest absolute Gasteiger partial charge is 0.339 e. The van der Waals surface area contributed by atoms with Gasteiger partial charge in [0.05, 0.1) is 29.6 Å². The summed E-state index contributed by atoms with van der Waals surface area (Å²) >= 11 is 0. The Morgan fingerprint density at radius 2 is 1.96 bits per heavy atom. The Morgan fingerprint density at radius 3 is 2.82 bits per heavy atom. The van der Waals surface area contributed by atoms with Crippen LogP contribution >= 0.6 is 10.7 Å². The first-order valence-corrected chi connectivity index (χ1v) is 11.3. The molecule has 1 saturated carbocycles. The molecule has 0 radical (unpaired) electrons. The number of aromatic nitrogens is 3. The maximum absolute atomic E-state index is 4.59. The van der Waals surface area contributed by atoms with Gasteiger partial charge < -0.3 is 5.32 Å². The number of nitrogens with one attached hydrogen (secondary N) is 1. The molecule has 1 aliphatic carbocycles. The molecule has 0 amide bonds. The highest BCUT2D eigenvalue weighted by Crippen LogP contribution is 2.42. The minimum Gasteiger partial charge on any atom is -0.339 e. The molecule has 1 N–H and O–H groups in total. The predicted octanol–water partition coefficient (Wildman–Crippen LogP) is 5.03. The fourth-order valence-electron chi connectivity index (χ4n) is 4.37. The smallest absolute Gasteiger partial charge is 0.138 e. The summed E-state index contributed by atoms with van der Waals surface area (Å²) in [4.78, 5) is 13.7. The quantitative estimate of drug-likeness (QED) is 0.632. The normalized spacial score (nSPS) is 18.6. The van der Waals surface area contributed by atoms with Crippen LogP contribution in [0.2, 0.25) is 0 Å². The van der Waals surface area contributed by atoms with Gasteiger partial charge in [0.25, 0.3) is 0 Å². The van der Waals surface area contributed by atoms with Crippen LogP contribution in [0.4, 0.5) is 11.5 Å². The third-order valence-corrected chi connectivity index (χ3v) is 8.22. The van der Waals surface area contributed by atoms with Gasteiger partial charge in [-0.25, -0.2) is 14.3 Å². The number of anilines is 2. The number of rotatable bonds is 4. The molecule has 2 aliphatic rings. The Bertz CT molecular complexity index is 1040. The molecule has 5 nitrogen and oxygen atoms in total. The second-order valence-electron chi connectivity index (χ2n) is 7.48. The topological polar surface area (TPSA) is 53.9 Å². The summed E-state index contributed by atoms with van der Waals surface area (Å²) in [5.74, 6) is 0.913. The van der Waals surface area contributed by atoms with Crippen molar-refractivity contribution in [3.63, 3.8) is 0 Å². The van der Waals surface area contributed by atoms with Gasteiger partial charge in [-0.15, -0.1) is 10.7 Å². The molecule has 28 heavy (non-hydrogen) atoms. The van der Waals surface area contributed by atoms with Crippen LogP contribution < -0.4 is 5.32 Å². The summed E-state index contributed by atoms with van der Waals surface area (Å²) in [5, 5.41) is 7.85. The van der Waals surface area contributed by atoms with E-state index in [9.17, 15) is 0 Å². The maximum Gasteiger partial charge on any atom is 0.138 e. The predicted molar refractivity (Wildman–Crippen MR) is 118 cm³/mol. The van der Waals surface area contributed by atoms with E-state index in [-0.39, 0.29) is 10.7 Å². The molecule has 0 saturated heterocycles. The molecular weight excluding hydrogens is 366 g/mol. The SMILES string of the molecule is CC=S(C1CCCC1)N1Cc2ncnc(Nc3cnc4ccccc4c3)c2C1. The van der Waals surface area contributed by atoms with Crippen LogP contribution in [0.25, 0.3) is 10.9 Å². The first-order chi connectivity index (χ1) is 13.8. The van der Waals surface area contributed by atoms with Crippen molar-refractivity contribution in [1.29, 1.82) is 0 Å². The van der Waals surface area contributed by atoms with Gasteiger partial charge in [0.15, 0.2) is 0 Å². The van der Waals surface area contributed by atoms with Crippen molar-refractivity contribution in [3.8, 4) is 0 Å². The molecule has 3 heterocycles. The monoisotopic (exact) mass is 391 g/mol. The molecule has 3 aromatic rings. The molecule has 1 unspecified atom stereocenters. The van der Waals surface area contributed by atoms with Crippen LogP contribution in [-0.4, -0.2) is 29.9 Å². The number of hydrogen-bond donors (Lipinski definition) is 1. The summed E-state index contributed by atoms with van der Waals surface area (Å²) in [7, 11) is 0.219. The molecule has 1 aliphatic heterocycles. The summed E-state index contributed by atoms with van der Waals surface area (Å²) in [6.45, 7) is 4.06. The van der Waals surface area contributed by atoms with Gasteiger partial charge in [-0.05, 0) is 37.3 Å². The summed E-state index contributed by atoms with van der Waals surface area (Å²) in [5.41, 5.74) is 4.36. The van der Waals surface area contributed by atoms with E-state index in [0.29, 0.717) is 0 Å². The molecule has 2 aromatic heterocycles. The van der Waals surface area contributed by atoms with Crippen molar-refractivity contribution in [1.82, 2.24) is 19.3 Å². The van der Waals surface area contributed by atoms with Crippen molar-refractivity contribution in [3.05, 3.63) is 54.1 Å². The van der Waals surface area contributed by atoms with Crippen molar-refractivity contribution in [2.45, 2.75) is 50.9 Å². The average Bonchev–Trinajstić information content (AvgIpc) is 3.39. The average molecular weight is 392 g/mol. The van der Waals surface area contributed by atoms with Crippen LogP contribution in [-0.2, 0) is 13.1 Å². The Kier molecular flexibility index (Phi) is 4.82. The van der Waals surface area contributed by atoms with Crippen LogP contribution in [0.15, 0.2) is 42.9 Å². The molecule has 144 valence electrons. The summed E-state index contributed by atoms with van der Waals surface area (Å²) < 4.78 is 2.60. The van der Waals surface area contributed by atoms with Gasteiger partial charge in [-0.3, -0.25) is 4.98 Å². The fourth-order valence-corrected chi connectivity index (χ4v) is 6.84. The molecule has 6 heteroatoms. The zero-order valence-electron chi connectivity index (χ0n) is 16.1. The molecule has 5 rings (SSSR count). The van der Waals surface area contributed by atoms with Crippen molar-refractivity contribution < 1.29 is 0 Å². The van der Waals surface area contributed by atoms with E-state index in [4.69, 9.17) is 0 Å². The Morgan fingerprint density at radius 1 is 1.11 bits per heavy atom. The van der Waals surface area contributed by atoms with E-state index in [1.807, 2.05) is 24.4 Å². The summed E-state index contributed by atoms with van der Waals surface area (Å²) in [6.07, 6.45) is 9.05. The third kappa shape index (κ3) is 3.31. The van der Waals surface area contributed by atoms with Gasteiger partial charge in [-0.2, -0.15) is 0 Å². The third-order valence-electron chi connectivity index (χ3n) is 5.73. The first-order valence-electron chi connectivity index (χ1n) is 10.0. The molecule has 1 fully saturated rings. The van der Waals surface area contributed by atoms with Gasteiger partial charge in [0, 0.05) is 22.7 Å². The van der Waals surface area contributed by atoms with E-state index < -0.39 is 0 Å². The van der Waals surface area contributed by atoms with E-state index in [2.05, 4.69) is 49.0 Å². The van der Waals surface area contributed by atoms with Gasteiger partial charge >= 0.3 is 0 Å². The second kappa shape index (κ2) is 7.60. The maximum atomic E-state index is 4.59. The van der Waals surface area contributed by atoms with Crippen LogP contribution in [0.5, 0.6) is 0 Å². The van der Waals surface area contributed by atoms with Crippen molar-refractivity contribution in [2.24, 2.45) is 0 Å². The molecular formula is C22H25N5S. The number of para-hydroxylation sites is 1. The van der Waals surface area contributed by atoms with Crippen LogP contribution in [0, 0.1) is 0 Å². The Balaban J connectivity index is 1.41. The highest BCUT2D eigenvalue weighted by atomic mass is 32.2. The summed E-state index contributed by atoms with van der Waals surface area (Å²) in [6, 6.07) is 10.3. The number of hydrogen-bond acceptors (Lipinski definition) is 5. The minimum atomic E-state index is 0.219. The highest BCUT2D eigenvalue weighted by Gasteiger charge is 2.29. The Hall–Kier alpha value is -2.31. The number of nitrogens with zero attached hydrogens (tertiary/aromatic N) is 4. The minimum absolute atomic E-state index is 0.219. The van der Waals surface area contributed by atoms with E-state index in [1.54, 1.807) is 6.33 Å². The van der Waals surface area contributed by atoms with E-state index >= 15 is 0 Å². The van der Waals surface area contributed by atoms with Gasteiger partial charge in [0.1, 0.15) is 12.1 Å². The lowest BCUT2D eigenvalue weighted by atomic mass is 10.2. The van der Waals surface area contributed by atoms with Crippen LogP contribution in [0.1, 0.15) is 43.9 Å². The number of fused-ring (bicyclic) bond motifs is 2. The first kappa shape index (κ1) is 17.8. The number of benzene rings is 1. The fraction of sp³-hybridized carbons (Fsp3) is 0.364. The zero-order chi connectivity index (χ0) is 18.9. The standard InChI is InChI=1S/C22H25N5S/c1-2-28(18-8-4-5-9-18)27-13-19-21(14-27)24-15-25-22(19)26-17-11-16-7-3-6-10-20(16)23-12-17/h2-3,6-7,10-12,15,18H,4-5,8-9,13-14H2,1H3,(H,24,25,26). The lowest BCUT2D eigenvalue weighted by Gasteiger charge is -2.25. The van der Waals surface area contributed by atoms with Crippen LogP contribution in [0.3, 0.4) is 0 Å². The van der Waals surface area contributed by atoms with Crippen molar-refractivity contribution in [2.75, 3.05) is 5.32 Å². The molecule has 0 spiro atoms. The lowest BCUT2D eigenvalue weighted by molar-refractivity contribution is 0.499. The zero-order valence-corrected chi connectivity index (χ0v) is 17.0. The molecule has 1 aromatic carbocycles. The Labute approximate surface area is 168 Å². The molecule has 1 atom stereocenters. The molecule has 0 bridgehead atoms. The van der Waals surface area contributed by atoms with Gasteiger partial charge in [-0.1, -0.05) is 31.0 Å². The second-order valence-corrected chi connectivity index (χ2v) is 9.82. The van der Waals surface area contributed by atoms with Crippen molar-refractivity contribution >= 4 is 38.4 Å². The van der Waals surface area contributed by atoms with E-state index in [1.165, 1.54) is 31.2 Å². The van der Waals surface area contributed by atoms with Gasteiger partial charge in [0.2, 0.25) is 0 Å². The highest BCUT2D eigenvalue weighted by molar-refractivity contribution is 8.13. The van der Waals surface area contributed by atoms with E-state index in [0.717, 1.165) is 46.4 Å².